The number of carbonyl (C=O) groups excluding carboxylic acids is 2. The molecule has 2 amide bonds. The van der Waals surface area contributed by atoms with Crippen LogP contribution in [0, 0.1) is 6.92 Å². The molecule has 1 saturated heterocycles. The average Bonchev–Trinajstić information content (AvgIpc) is 2.69. The molecule has 3 rings (SSSR count). The lowest BCUT2D eigenvalue weighted by Crippen LogP contribution is -2.51. The van der Waals surface area contributed by atoms with Gasteiger partial charge < -0.3 is 14.5 Å². The molecule has 0 aliphatic carbocycles. The standard InChI is InChI=1S/C21H24N2O3/c1-16-5-3-4-6-18(16)15-20(24)22-11-13-23(14-12-22)21(25)17-7-9-19(26-2)10-8-17/h3-10H,11-15H2,1-2H3. The number of piperazine rings is 1. The molecule has 0 aromatic heterocycles. The zero-order valence-corrected chi connectivity index (χ0v) is 15.3. The second kappa shape index (κ2) is 8.04. The van der Waals surface area contributed by atoms with Gasteiger partial charge in [0.05, 0.1) is 13.5 Å². The lowest BCUT2D eigenvalue weighted by Gasteiger charge is -2.35. The molecule has 2 aromatic carbocycles. The zero-order chi connectivity index (χ0) is 18.5. The van der Waals surface area contributed by atoms with Crippen molar-refractivity contribution in [2.45, 2.75) is 13.3 Å². The van der Waals surface area contributed by atoms with Crippen molar-refractivity contribution in [2.24, 2.45) is 0 Å². The van der Waals surface area contributed by atoms with Gasteiger partial charge >= 0.3 is 0 Å². The van der Waals surface area contributed by atoms with E-state index in [1.165, 1.54) is 0 Å². The molecule has 0 radical (unpaired) electrons. The van der Waals surface area contributed by atoms with Crippen molar-refractivity contribution >= 4 is 11.8 Å². The monoisotopic (exact) mass is 352 g/mol. The summed E-state index contributed by atoms with van der Waals surface area (Å²) in [5, 5.41) is 0. The zero-order valence-electron chi connectivity index (χ0n) is 15.3. The maximum absolute atomic E-state index is 12.6. The number of hydrogen-bond donors (Lipinski definition) is 0. The number of nitrogens with zero attached hydrogens (tertiary/aromatic N) is 2. The Morgan fingerprint density at radius 1 is 0.923 bits per heavy atom. The van der Waals surface area contributed by atoms with Crippen molar-refractivity contribution in [1.29, 1.82) is 0 Å². The van der Waals surface area contributed by atoms with Crippen LogP contribution in [0.3, 0.4) is 0 Å². The van der Waals surface area contributed by atoms with E-state index in [2.05, 4.69) is 0 Å². The van der Waals surface area contributed by atoms with Gasteiger partial charge in [-0.2, -0.15) is 0 Å². The molecule has 1 aliphatic heterocycles. The normalized spacial score (nSPS) is 14.2. The van der Waals surface area contributed by atoms with Crippen molar-refractivity contribution in [3.05, 3.63) is 65.2 Å². The second-order valence-electron chi connectivity index (χ2n) is 6.50. The van der Waals surface area contributed by atoms with Crippen molar-refractivity contribution < 1.29 is 14.3 Å². The third kappa shape index (κ3) is 4.04. The van der Waals surface area contributed by atoms with E-state index in [1.807, 2.05) is 36.1 Å². The average molecular weight is 352 g/mol. The number of aryl methyl sites for hydroxylation is 1. The molecule has 0 spiro atoms. The number of hydrogen-bond acceptors (Lipinski definition) is 3. The third-order valence-electron chi connectivity index (χ3n) is 4.86. The molecular formula is C21H24N2O3. The number of carbonyl (C=O) groups is 2. The predicted octanol–water partition coefficient (Wildman–Crippen LogP) is 2.53. The molecule has 0 unspecified atom stereocenters. The molecule has 0 saturated carbocycles. The molecule has 2 aromatic rings. The first-order valence-corrected chi connectivity index (χ1v) is 8.84. The summed E-state index contributed by atoms with van der Waals surface area (Å²) in [6.07, 6.45) is 0.416. The van der Waals surface area contributed by atoms with Crippen molar-refractivity contribution in [2.75, 3.05) is 33.3 Å². The fraction of sp³-hybridized carbons (Fsp3) is 0.333. The van der Waals surface area contributed by atoms with Gasteiger partial charge in [0.15, 0.2) is 0 Å². The Bertz CT molecular complexity index is 778. The minimum Gasteiger partial charge on any atom is -0.497 e. The summed E-state index contributed by atoms with van der Waals surface area (Å²) in [4.78, 5) is 28.8. The van der Waals surface area contributed by atoms with E-state index in [1.54, 1.807) is 36.3 Å². The molecule has 1 heterocycles. The van der Waals surface area contributed by atoms with Crippen LogP contribution in [0.1, 0.15) is 21.5 Å². The van der Waals surface area contributed by atoms with Gasteiger partial charge in [-0.15, -0.1) is 0 Å². The maximum Gasteiger partial charge on any atom is 0.253 e. The lowest BCUT2D eigenvalue weighted by atomic mass is 10.1. The molecule has 0 N–H and O–H groups in total. The summed E-state index contributed by atoms with van der Waals surface area (Å²) in [5.74, 6) is 0.850. The van der Waals surface area contributed by atoms with Gasteiger partial charge in [-0.25, -0.2) is 0 Å². The summed E-state index contributed by atoms with van der Waals surface area (Å²) in [6, 6.07) is 15.1. The molecule has 5 nitrogen and oxygen atoms in total. The van der Waals surface area contributed by atoms with Crippen LogP contribution < -0.4 is 4.74 Å². The van der Waals surface area contributed by atoms with Crippen LogP contribution in [0.4, 0.5) is 0 Å². The second-order valence-corrected chi connectivity index (χ2v) is 6.50. The number of amides is 2. The Labute approximate surface area is 154 Å². The molecular weight excluding hydrogens is 328 g/mol. The van der Waals surface area contributed by atoms with Crippen molar-refractivity contribution in [1.82, 2.24) is 9.80 Å². The summed E-state index contributed by atoms with van der Waals surface area (Å²) >= 11 is 0. The predicted molar refractivity (Wildman–Crippen MR) is 100 cm³/mol. The van der Waals surface area contributed by atoms with Gasteiger partial charge in [0, 0.05) is 31.7 Å². The van der Waals surface area contributed by atoms with Crippen LogP contribution >= 0.6 is 0 Å². The minimum absolute atomic E-state index is 0.00124. The Hall–Kier alpha value is -2.82. The molecule has 26 heavy (non-hydrogen) atoms. The Balaban J connectivity index is 1.55. The number of benzene rings is 2. The van der Waals surface area contributed by atoms with Crippen molar-refractivity contribution in [3.63, 3.8) is 0 Å². The van der Waals surface area contributed by atoms with Gasteiger partial charge in [0.2, 0.25) is 5.91 Å². The molecule has 1 fully saturated rings. The van der Waals surface area contributed by atoms with Gasteiger partial charge in [0.1, 0.15) is 5.75 Å². The Kier molecular flexibility index (Phi) is 5.56. The topological polar surface area (TPSA) is 49.9 Å². The van der Waals surface area contributed by atoms with E-state index in [9.17, 15) is 9.59 Å². The third-order valence-corrected chi connectivity index (χ3v) is 4.86. The largest absolute Gasteiger partial charge is 0.497 e. The van der Waals surface area contributed by atoms with E-state index in [0.717, 1.165) is 16.9 Å². The first-order valence-electron chi connectivity index (χ1n) is 8.84. The first kappa shape index (κ1) is 18.0. The highest BCUT2D eigenvalue weighted by Gasteiger charge is 2.25. The smallest absolute Gasteiger partial charge is 0.253 e. The summed E-state index contributed by atoms with van der Waals surface area (Å²) in [6.45, 7) is 4.29. The van der Waals surface area contributed by atoms with Crippen LogP contribution in [0.2, 0.25) is 0 Å². The number of ether oxygens (including phenoxy) is 1. The molecule has 136 valence electrons. The summed E-state index contributed by atoms with van der Waals surface area (Å²) in [5.41, 5.74) is 2.84. The van der Waals surface area contributed by atoms with Gasteiger partial charge in [-0.3, -0.25) is 9.59 Å². The number of rotatable bonds is 4. The van der Waals surface area contributed by atoms with Crippen LogP contribution in [0.5, 0.6) is 5.75 Å². The highest BCUT2D eigenvalue weighted by Crippen LogP contribution is 2.15. The van der Waals surface area contributed by atoms with E-state index in [0.29, 0.717) is 38.2 Å². The molecule has 1 aliphatic rings. The molecule has 0 bridgehead atoms. The van der Waals surface area contributed by atoms with Crippen molar-refractivity contribution in [3.8, 4) is 5.75 Å². The minimum atomic E-state index is -0.00124. The highest BCUT2D eigenvalue weighted by atomic mass is 16.5. The molecule has 5 heteroatoms. The fourth-order valence-corrected chi connectivity index (χ4v) is 3.16. The lowest BCUT2D eigenvalue weighted by molar-refractivity contribution is -0.131. The van der Waals surface area contributed by atoms with Gasteiger partial charge in [-0.05, 0) is 42.3 Å². The Morgan fingerprint density at radius 2 is 1.54 bits per heavy atom. The van der Waals surface area contributed by atoms with Crippen LogP contribution in [-0.2, 0) is 11.2 Å². The van der Waals surface area contributed by atoms with E-state index < -0.39 is 0 Å². The molecule has 0 atom stereocenters. The van der Waals surface area contributed by atoms with E-state index >= 15 is 0 Å². The SMILES string of the molecule is COc1ccc(C(=O)N2CCN(C(=O)Cc3ccccc3C)CC2)cc1. The number of methoxy groups -OCH3 is 1. The van der Waals surface area contributed by atoms with Gasteiger partial charge in [-0.1, -0.05) is 24.3 Å². The summed E-state index contributed by atoms with van der Waals surface area (Å²) < 4.78 is 5.12. The maximum atomic E-state index is 12.6. The quantitative estimate of drug-likeness (QED) is 0.850. The van der Waals surface area contributed by atoms with E-state index in [4.69, 9.17) is 4.74 Å². The van der Waals surface area contributed by atoms with Crippen LogP contribution in [0.15, 0.2) is 48.5 Å². The Morgan fingerprint density at radius 3 is 2.15 bits per heavy atom. The highest BCUT2D eigenvalue weighted by molar-refractivity contribution is 5.94. The van der Waals surface area contributed by atoms with E-state index in [-0.39, 0.29) is 11.8 Å². The van der Waals surface area contributed by atoms with Crippen LogP contribution in [-0.4, -0.2) is 54.9 Å². The summed E-state index contributed by atoms with van der Waals surface area (Å²) in [7, 11) is 1.60. The van der Waals surface area contributed by atoms with Crippen LogP contribution in [0.25, 0.3) is 0 Å². The van der Waals surface area contributed by atoms with Gasteiger partial charge in [0.25, 0.3) is 5.91 Å². The fourth-order valence-electron chi connectivity index (χ4n) is 3.16. The first-order chi connectivity index (χ1) is 12.6.